The van der Waals surface area contributed by atoms with E-state index in [-0.39, 0.29) is 58.7 Å². The van der Waals surface area contributed by atoms with E-state index in [1.54, 1.807) is 18.2 Å². The number of hydrogen-bond donors (Lipinski definition) is 0. The number of aromatic nitrogens is 2. The molecule has 3 heterocycles. The molecular weight excluding hydrogens is 697 g/mol. The van der Waals surface area contributed by atoms with Crippen molar-refractivity contribution in [3.05, 3.63) is 193 Å². The molecule has 10 rings (SSSR count). The number of anilines is 4. The van der Waals surface area contributed by atoms with E-state index in [1.807, 2.05) is 126 Å². The van der Waals surface area contributed by atoms with Crippen LogP contribution in [-0.4, -0.2) is 16.2 Å². The van der Waals surface area contributed by atoms with Crippen LogP contribution in [0.5, 0.6) is 11.5 Å². The molecule has 0 N–H and O–H groups in total. The first-order valence-electron chi connectivity index (χ1n) is 25.0. The molecule has 5 nitrogen and oxygen atoms in total. The highest BCUT2D eigenvalue weighted by atomic mass is 16.5. The number of para-hydroxylation sites is 4. The molecule has 0 radical (unpaired) electrons. The van der Waals surface area contributed by atoms with Crippen LogP contribution in [0.4, 0.5) is 22.7 Å². The van der Waals surface area contributed by atoms with Crippen LogP contribution in [0.15, 0.2) is 188 Å². The summed E-state index contributed by atoms with van der Waals surface area (Å²) < 4.78 is 122. The first kappa shape index (κ1) is 23.1. The highest BCUT2D eigenvalue weighted by Crippen LogP contribution is 2.50. The first-order valence-corrected chi connectivity index (χ1v) is 18.5. The SMILES string of the molecule is [2H]c1nc(-n2c3ccccc3c3ccc(Oc4cccc(N5CN(c6c(-c7c([2H])c([2H])c([2H])c([2H])c7[2H])cccc6-c6c([2H])c([2H])c([2H])c([2H])c6[2H])c6ccccc65)c4)cc32)c([2H])c(C(C)(C)C)c1[2H]. The molecule has 0 atom stereocenters. The van der Waals surface area contributed by atoms with Gasteiger partial charge in [0.05, 0.1) is 45.9 Å². The van der Waals surface area contributed by atoms with Crippen molar-refractivity contribution in [2.75, 3.05) is 16.5 Å². The molecule has 0 spiro atoms. The van der Waals surface area contributed by atoms with E-state index in [9.17, 15) is 1.37 Å². The molecule has 0 unspecified atom stereocenters. The molecule has 1 aliphatic heterocycles. The standard InChI is InChI=1S/C52H42N4O/c1-52(2,3)38-30-31-53-50(32-38)56-46-25-11-10-22-44(46)45-29-28-41(34-49(45)56)57-40-21-14-20-39(33-40)54-35-55(48-27-13-12-26-47(48)54)51-42(36-16-6-4-7-17-36)23-15-24-43(51)37-18-8-5-9-19-37/h4-34H,35H2,1-3H3/i4D,5D,6D,7D,8D,9D,16D,17D,18D,19D,30D,31D,32D. The van der Waals surface area contributed by atoms with Gasteiger partial charge in [-0.25, -0.2) is 4.98 Å². The molecule has 1 aliphatic rings. The topological polar surface area (TPSA) is 33.5 Å². The monoisotopic (exact) mass is 751 g/mol. The third kappa shape index (κ3) is 6.18. The van der Waals surface area contributed by atoms with Crippen molar-refractivity contribution in [3.8, 4) is 39.6 Å². The fraction of sp³-hybridized carbons (Fsp3) is 0.0962. The second-order valence-corrected chi connectivity index (χ2v) is 14.7. The Morgan fingerprint density at radius 2 is 1.23 bits per heavy atom. The van der Waals surface area contributed by atoms with E-state index in [0.29, 0.717) is 39.6 Å². The third-order valence-electron chi connectivity index (χ3n) is 10.1. The summed E-state index contributed by atoms with van der Waals surface area (Å²) in [5, 5.41) is 1.78. The van der Waals surface area contributed by atoms with E-state index >= 15 is 0 Å². The molecule has 57 heavy (non-hydrogen) atoms. The van der Waals surface area contributed by atoms with Crippen LogP contribution in [0, 0.1) is 0 Å². The Hall–Kier alpha value is -7.11. The van der Waals surface area contributed by atoms with E-state index in [2.05, 4.69) is 4.98 Å². The first-order chi connectivity index (χ1) is 33.3. The average molecular weight is 752 g/mol. The molecular formula is C52H42N4O. The van der Waals surface area contributed by atoms with E-state index < -0.39 is 65.8 Å². The minimum Gasteiger partial charge on any atom is -0.457 e. The zero-order valence-corrected chi connectivity index (χ0v) is 31.3. The van der Waals surface area contributed by atoms with Crippen molar-refractivity contribution in [3.63, 3.8) is 0 Å². The summed E-state index contributed by atoms with van der Waals surface area (Å²) in [6.07, 6.45) is -0.226. The molecule has 5 heteroatoms. The van der Waals surface area contributed by atoms with Gasteiger partial charge in [0.25, 0.3) is 0 Å². The lowest BCUT2D eigenvalue weighted by molar-refractivity contribution is 0.483. The predicted molar refractivity (Wildman–Crippen MR) is 237 cm³/mol. The quantitative estimate of drug-likeness (QED) is 0.162. The molecule has 0 saturated heterocycles. The van der Waals surface area contributed by atoms with E-state index in [4.69, 9.17) is 21.2 Å². The number of benzene rings is 7. The molecule has 7 aromatic carbocycles. The van der Waals surface area contributed by atoms with Gasteiger partial charge in [-0.2, -0.15) is 0 Å². The van der Waals surface area contributed by atoms with Crippen molar-refractivity contribution in [2.45, 2.75) is 26.2 Å². The van der Waals surface area contributed by atoms with Crippen LogP contribution < -0.4 is 14.5 Å². The summed E-state index contributed by atoms with van der Waals surface area (Å²) in [5.74, 6) is 1.17. The van der Waals surface area contributed by atoms with Crippen molar-refractivity contribution in [1.82, 2.24) is 9.55 Å². The van der Waals surface area contributed by atoms with Crippen molar-refractivity contribution in [1.29, 1.82) is 0 Å². The Bertz CT molecular complexity index is 3540. The Morgan fingerprint density at radius 1 is 0.596 bits per heavy atom. The maximum Gasteiger partial charge on any atom is 0.137 e. The van der Waals surface area contributed by atoms with Crippen LogP contribution >= 0.6 is 0 Å². The van der Waals surface area contributed by atoms with Gasteiger partial charge >= 0.3 is 0 Å². The van der Waals surface area contributed by atoms with E-state index in [1.165, 1.54) is 0 Å². The maximum absolute atomic E-state index is 9.32. The van der Waals surface area contributed by atoms with Crippen molar-refractivity contribution < 1.29 is 22.6 Å². The van der Waals surface area contributed by atoms with Crippen LogP contribution in [0.25, 0.3) is 49.9 Å². The summed E-state index contributed by atoms with van der Waals surface area (Å²) in [7, 11) is 0. The van der Waals surface area contributed by atoms with Crippen LogP contribution in [0.3, 0.4) is 0 Å². The maximum atomic E-state index is 9.32. The zero-order chi connectivity index (χ0) is 49.8. The number of fused-ring (bicyclic) bond motifs is 4. The largest absolute Gasteiger partial charge is 0.457 e. The van der Waals surface area contributed by atoms with Crippen molar-refractivity contribution >= 4 is 44.6 Å². The second kappa shape index (κ2) is 13.9. The number of ether oxygens (including phenoxy) is 1. The Balaban J connectivity index is 1.10. The fourth-order valence-electron chi connectivity index (χ4n) is 7.52. The molecule has 0 saturated carbocycles. The number of hydrogen-bond acceptors (Lipinski definition) is 4. The summed E-state index contributed by atoms with van der Waals surface area (Å²) >= 11 is 0. The molecule has 0 fully saturated rings. The number of pyridine rings is 1. The van der Waals surface area contributed by atoms with Gasteiger partial charge in [-0.15, -0.1) is 0 Å². The van der Waals surface area contributed by atoms with Gasteiger partial charge in [0.2, 0.25) is 0 Å². The Kier molecular flexibility index (Phi) is 5.62. The lowest BCUT2D eigenvalue weighted by Gasteiger charge is -2.27. The minimum atomic E-state index is -0.604. The van der Waals surface area contributed by atoms with Gasteiger partial charge in [-0.1, -0.05) is 136 Å². The molecule has 2 aromatic heterocycles. The summed E-state index contributed by atoms with van der Waals surface area (Å²) in [4.78, 5) is 8.36. The number of nitrogens with zero attached hydrogens (tertiary/aromatic N) is 4. The number of rotatable bonds is 7. The van der Waals surface area contributed by atoms with Gasteiger partial charge in [0.15, 0.2) is 0 Å². The smallest absolute Gasteiger partial charge is 0.137 e. The van der Waals surface area contributed by atoms with Crippen LogP contribution in [0.1, 0.15) is 44.2 Å². The summed E-state index contributed by atoms with van der Waals surface area (Å²) in [6, 6.07) is 27.9. The lowest BCUT2D eigenvalue weighted by Crippen LogP contribution is -2.24. The highest BCUT2D eigenvalue weighted by molar-refractivity contribution is 6.09. The fourth-order valence-corrected chi connectivity index (χ4v) is 7.52. The molecule has 276 valence electrons. The highest BCUT2D eigenvalue weighted by Gasteiger charge is 2.31. The summed E-state index contributed by atoms with van der Waals surface area (Å²) in [6.45, 7) is 5.82. The van der Waals surface area contributed by atoms with Gasteiger partial charge in [-0.05, 0) is 76.7 Å². The minimum absolute atomic E-state index is 0.0616. The lowest BCUT2D eigenvalue weighted by atomic mass is 9.88. The predicted octanol–water partition coefficient (Wildman–Crippen LogP) is 13.8. The molecule has 0 aliphatic carbocycles. The van der Waals surface area contributed by atoms with Crippen LogP contribution in [0.2, 0.25) is 0 Å². The third-order valence-corrected chi connectivity index (χ3v) is 10.1. The molecule has 0 amide bonds. The second-order valence-electron chi connectivity index (χ2n) is 14.7. The van der Waals surface area contributed by atoms with E-state index in [0.717, 1.165) is 16.3 Å². The van der Waals surface area contributed by atoms with Gasteiger partial charge in [0, 0.05) is 45.9 Å². The Morgan fingerprint density at radius 3 is 1.95 bits per heavy atom. The Labute approximate surface area is 351 Å². The van der Waals surface area contributed by atoms with Gasteiger partial charge < -0.3 is 14.5 Å². The van der Waals surface area contributed by atoms with Gasteiger partial charge in [0.1, 0.15) is 24.0 Å². The zero-order valence-electron chi connectivity index (χ0n) is 44.3. The van der Waals surface area contributed by atoms with Gasteiger partial charge in [-0.3, -0.25) is 4.57 Å². The van der Waals surface area contributed by atoms with Crippen molar-refractivity contribution in [2.24, 2.45) is 0 Å². The average Bonchev–Trinajstić information content (AvgIpc) is 3.88. The molecule has 9 aromatic rings. The van der Waals surface area contributed by atoms with Crippen LogP contribution in [-0.2, 0) is 5.41 Å². The normalized spacial score (nSPS) is 15.9. The molecule has 0 bridgehead atoms. The summed E-state index contributed by atoms with van der Waals surface area (Å²) in [5.41, 5.74) is 3.73.